The molecule has 0 fully saturated rings. The van der Waals surface area contributed by atoms with Crippen LogP contribution in [0.15, 0.2) is 17.7 Å². The van der Waals surface area contributed by atoms with Crippen molar-refractivity contribution in [1.82, 2.24) is 5.32 Å². The molecular formula is C15H20Cl3N. The third kappa shape index (κ3) is 5.00. The summed E-state index contributed by atoms with van der Waals surface area (Å²) in [5, 5.41) is 5.07. The molecule has 0 bridgehead atoms. The van der Waals surface area contributed by atoms with Gasteiger partial charge in [0.1, 0.15) is 0 Å². The van der Waals surface area contributed by atoms with Crippen LogP contribution in [0.1, 0.15) is 33.3 Å². The lowest BCUT2D eigenvalue weighted by molar-refractivity contribution is 0.593. The second-order valence-corrected chi connectivity index (χ2v) is 6.36. The first kappa shape index (κ1) is 16.8. The van der Waals surface area contributed by atoms with Crippen molar-refractivity contribution < 1.29 is 0 Å². The summed E-state index contributed by atoms with van der Waals surface area (Å²) in [6, 6.07) is 3.92. The van der Waals surface area contributed by atoms with Gasteiger partial charge < -0.3 is 5.32 Å². The summed E-state index contributed by atoms with van der Waals surface area (Å²) in [7, 11) is 0. The predicted octanol–water partition coefficient (Wildman–Crippen LogP) is 5.68. The van der Waals surface area contributed by atoms with Crippen LogP contribution in [-0.2, 0) is 0 Å². The van der Waals surface area contributed by atoms with Gasteiger partial charge in [-0.25, -0.2) is 0 Å². The van der Waals surface area contributed by atoms with E-state index in [1.165, 1.54) is 5.57 Å². The zero-order valence-corrected chi connectivity index (χ0v) is 14.0. The van der Waals surface area contributed by atoms with Crippen LogP contribution in [0.2, 0.25) is 15.1 Å². The standard InChI is InChI=1S/C15H20Cl3N/c1-9(2)11(8-19-10(3)4)7-12-13(16)5-6-14(17)15(12)18/h5-7,9-10,19H,8H2,1-4H3/b11-7-. The highest BCUT2D eigenvalue weighted by atomic mass is 35.5. The number of rotatable bonds is 5. The third-order valence-electron chi connectivity index (χ3n) is 2.87. The highest BCUT2D eigenvalue weighted by Gasteiger charge is 2.11. The lowest BCUT2D eigenvalue weighted by atomic mass is 10.00. The van der Waals surface area contributed by atoms with Gasteiger partial charge >= 0.3 is 0 Å². The van der Waals surface area contributed by atoms with Gasteiger partial charge in [-0.1, -0.05) is 74.1 Å². The van der Waals surface area contributed by atoms with Gasteiger partial charge in [0.15, 0.2) is 0 Å². The Bertz CT molecular complexity index is 465. The van der Waals surface area contributed by atoms with Gasteiger partial charge in [0, 0.05) is 23.2 Å². The van der Waals surface area contributed by atoms with Crippen LogP contribution in [0.5, 0.6) is 0 Å². The minimum atomic E-state index is 0.414. The van der Waals surface area contributed by atoms with E-state index in [1.54, 1.807) is 12.1 Å². The van der Waals surface area contributed by atoms with E-state index in [0.717, 1.165) is 12.1 Å². The molecule has 0 heterocycles. The Morgan fingerprint density at radius 3 is 2.21 bits per heavy atom. The van der Waals surface area contributed by atoms with Crippen molar-refractivity contribution in [1.29, 1.82) is 0 Å². The third-order valence-corrected chi connectivity index (χ3v) is 4.01. The van der Waals surface area contributed by atoms with Crippen molar-refractivity contribution in [2.24, 2.45) is 5.92 Å². The fourth-order valence-corrected chi connectivity index (χ4v) is 2.25. The maximum Gasteiger partial charge on any atom is 0.0679 e. The maximum atomic E-state index is 6.23. The van der Waals surface area contributed by atoms with Crippen molar-refractivity contribution in [2.45, 2.75) is 33.7 Å². The molecule has 106 valence electrons. The summed E-state index contributed by atoms with van der Waals surface area (Å²) < 4.78 is 0. The molecule has 0 atom stereocenters. The quantitative estimate of drug-likeness (QED) is 0.688. The van der Waals surface area contributed by atoms with E-state index in [9.17, 15) is 0 Å². The van der Waals surface area contributed by atoms with E-state index in [-0.39, 0.29) is 0 Å². The average molecular weight is 321 g/mol. The van der Waals surface area contributed by atoms with Crippen LogP contribution in [-0.4, -0.2) is 12.6 Å². The molecular weight excluding hydrogens is 301 g/mol. The number of hydrogen-bond acceptors (Lipinski definition) is 1. The molecule has 0 saturated carbocycles. The van der Waals surface area contributed by atoms with Gasteiger partial charge in [0.2, 0.25) is 0 Å². The lowest BCUT2D eigenvalue weighted by Gasteiger charge is -2.16. The molecule has 4 heteroatoms. The molecule has 0 unspecified atom stereocenters. The SMILES string of the molecule is CC(C)NC/C(=C/c1c(Cl)ccc(Cl)c1Cl)C(C)C. The van der Waals surface area contributed by atoms with Crippen LogP contribution in [0.4, 0.5) is 0 Å². The van der Waals surface area contributed by atoms with Gasteiger partial charge in [0.05, 0.1) is 10.0 Å². The van der Waals surface area contributed by atoms with Gasteiger partial charge in [-0.3, -0.25) is 0 Å². The Hall–Kier alpha value is -0.210. The molecule has 1 aromatic carbocycles. The Labute approximate surface area is 130 Å². The zero-order chi connectivity index (χ0) is 14.6. The highest BCUT2D eigenvalue weighted by Crippen LogP contribution is 2.33. The van der Waals surface area contributed by atoms with E-state index >= 15 is 0 Å². The Morgan fingerprint density at radius 2 is 1.68 bits per heavy atom. The van der Waals surface area contributed by atoms with Gasteiger partial charge in [-0.05, 0) is 18.1 Å². The van der Waals surface area contributed by atoms with Crippen molar-refractivity contribution in [3.63, 3.8) is 0 Å². The topological polar surface area (TPSA) is 12.0 Å². The molecule has 1 N–H and O–H groups in total. The Balaban J connectivity index is 3.12. The summed E-state index contributed by atoms with van der Waals surface area (Å²) in [6.07, 6.45) is 2.04. The first-order valence-corrected chi connectivity index (χ1v) is 7.53. The lowest BCUT2D eigenvalue weighted by Crippen LogP contribution is -2.26. The monoisotopic (exact) mass is 319 g/mol. The fraction of sp³-hybridized carbons (Fsp3) is 0.467. The zero-order valence-electron chi connectivity index (χ0n) is 11.7. The highest BCUT2D eigenvalue weighted by molar-refractivity contribution is 6.44. The number of benzene rings is 1. The van der Waals surface area contributed by atoms with E-state index in [0.29, 0.717) is 27.0 Å². The van der Waals surface area contributed by atoms with Gasteiger partial charge in [-0.15, -0.1) is 0 Å². The minimum absolute atomic E-state index is 0.414. The largest absolute Gasteiger partial charge is 0.311 e. The second-order valence-electron chi connectivity index (χ2n) is 5.17. The molecule has 0 aliphatic rings. The summed E-state index contributed by atoms with van der Waals surface area (Å²) >= 11 is 18.5. The maximum absolute atomic E-state index is 6.23. The summed E-state index contributed by atoms with van der Waals surface area (Å²) in [5.41, 5.74) is 2.05. The summed E-state index contributed by atoms with van der Waals surface area (Å²) in [6.45, 7) is 9.36. The molecule has 1 aromatic rings. The smallest absolute Gasteiger partial charge is 0.0679 e. The molecule has 0 saturated heterocycles. The molecule has 19 heavy (non-hydrogen) atoms. The molecule has 0 aliphatic carbocycles. The molecule has 1 rings (SSSR count). The predicted molar refractivity (Wildman–Crippen MR) is 87.4 cm³/mol. The summed E-state index contributed by atoms with van der Waals surface area (Å²) in [4.78, 5) is 0. The van der Waals surface area contributed by atoms with E-state index in [1.807, 2.05) is 6.08 Å². The minimum Gasteiger partial charge on any atom is -0.311 e. The van der Waals surface area contributed by atoms with Crippen LogP contribution in [0.25, 0.3) is 6.08 Å². The van der Waals surface area contributed by atoms with Gasteiger partial charge in [-0.2, -0.15) is 0 Å². The van der Waals surface area contributed by atoms with E-state index in [4.69, 9.17) is 34.8 Å². The van der Waals surface area contributed by atoms with Gasteiger partial charge in [0.25, 0.3) is 0 Å². The normalized spacial score (nSPS) is 12.6. The fourth-order valence-electron chi connectivity index (χ4n) is 1.60. The first-order valence-electron chi connectivity index (χ1n) is 6.40. The Morgan fingerprint density at radius 1 is 1.11 bits per heavy atom. The van der Waals surface area contributed by atoms with Crippen LogP contribution in [0.3, 0.4) is 0 Å². The van der Waals surface area contributed by atoms with Crippen LogP contribution < -0.4 is 5.32 Å². The molecule has 0 radical (unpaired) electrons. The van der Waals surface area contributed by atoms with E-state index in [2.05, 4.69) is 33.0 Å². The number of halogens is 3. The van der Waals surface area contributed by atoms with Crippen molar-refractivity contribution in [2.75, 3.05) is 6.54 Å². The molecule has 0 aliphatic heterocycles. The molecule has 0 aromatic heterocycles. The number of hydrogen-bond donors (Lipinski definition) is 1. The first-order chi connectivity index (χ1) is 8.82. The van der Waals surface area contributed by atoms with Crippen molar-refractivity contribution in [3.8, 4) is 0 Å². The second kappa shape index (κ2) is 7.54. The van der Waals surface area contributed by atoms with E-state index < -0.39 is 0 Å². The Kier molecular flexibility index (Phi) is 6.68. The molecule has 1 nitrogen and oxygen atoms in total. The molecule has 0 spiro atoms. The van der Waals surface area contributed by atoms with Crippen molar-refractivity contribution in [3.05, 3.63) is 38.3 Å². The average Bonchev–Trinajstić information content (AvgIpc) is 2.32. The summed E-state index contributed by atoms with van der Waals surface area (Å²) in [5.74, 6) is 0.414. The number of nitrogens with one attached hydrogen (secondary N) is 1. The van der Waals surface area contributed by atoms with Crippen LogP contribution in [0, 0.1) is 5.92 Å². The van der Waals surface area contributed by atoms with Crippen LogP contribution >= 0.6 is 34.8 Å². The molecule has 0 amide bonds. The van der Waals surface area contributed by atoms with Crippen molar-refractivity contribution >= 4 is 40.9 Å².